The molecule has 0 radical (unpaired) electrons. The van der Waals surface area contributed by atoms with Crippen molar-refractivity contribution in [1.82, 2.24) is 0 Å². The second-order valence-electron chi connectivity index (χ2n) is 12.5. The minimum Gasteiger partial charge on any atom is -0.393 e. The summed E-state index contributed by atoms with van der Waals surface area (Å²) < 4.78 is 46.7. The van der Waals surface area contributed by atoms with Crippen LogP contribution in [0, 0.1) is 58.2 Å². The lowest BCUT2D eigenvalue weighted by Crippen LogP contribution is -2.59. The maximum atomic E-state index is 13.4. The van der Waals surface area contributed by atoms with E-state index in [4.69, 9.17) is 8.22 Å². The van der Waals surface area contributed by atoms with Gasteiger partial charge >= 0.3 is 0 Å². The van der Waals surface area contributed by atoms with Crippen LogP contribution in [0.2, 0.25) is 0 Å². The van der Waals surface area contributed by atoms with Gasteiger partial charge in [-0.3, -0.25) is 4.79 Å². The quantitative estimate of drug-likeness (QED) is 0.556. The molecule has 0 bridgehead atoms. The maximum Gasteiger partial charge on any atom is 0.136 e. The van der Waals surface area contributed by atoms with Crippen molar-refractivity contribution in [2.75, 3.05) is 0 Å². The number of rotatable bonds is 5. The molecule has 12 atom stereocenters. The molecule has 0 heterocycles. The van der Waals surface area contributed by atoms with Crippen LogP contribution in [0.5, 0.6) is 0 Å². The van der Waals surface area contributed by atoms with Crippen LogP contribution in [0.3, 0.4) is 0 Å². The lowest BCUT2D eigenvalue weighted by atomic mass is 9.44. The summed E-state index contributed by atoms with van der Waals surface area (Å²) in [5, 5.41) is 32.1. The van der Waals surface area contributed by atoms with Gasteiger partial charge in [-0.1, -0.05) is 41.4 Å². The molecule has 0 aromatic heterocycles. The Bertz CT molecular complexity index is 878. The third-order valence-electron chi connectivity index (χ3n) is 11.0. The van der Waals surface area contributed by atoms with Crippen molar-refractivity contribution < 1.29 is 28.3 Å². The molecule has 4 heteroatoms. The fraction of sp³-hybridized carbons (Fsp3) is 0.964. The zero-order valence-electron chi connectivity index (χ0n) is 26.3. The summed E-state index contributed by atoms with van der Waals surface area (Å²) in [5.74, 6) is -1.18. The zero-order valence-corrected chi connectivity index (χ0v) is 20.3. The van der Waals surface area contributed by atoms with Crippen molar-refractivity contribution in [1.29, 1.82) is 0 Å². The predicted octanol–water partition coefficient (Wildman–Crippen LogP) is 4.84. The van der Waals surface area contributed by atoms with Crippen molar-refractivity contribution in [3.8, 4) is 0 Å². The van der Waals surface area contributed by atoms with E-state index in [1.54, 1.807) is 6.92 Å². The molecule has 0 spiro atoms. The van der Waals surface area contributed by atoms with E-state index in [9.17, 15) is 20.1 Å². The number of aliphatic hydroxyl groups is 3. The number of hydrogen-bond acceptors (Lipinski definition) is 4. The number of fused-ring (bicyclic) bond motifs is 5. The molecule has 3 N–H and O–H groups in total. The van der Waals surface area contributed by atoms with E-state index in [2.05, 4.69) is 13.8 Å². The van der Waals surface area contributed by atoms with E-state index in [0.717, 1.165) is 25.7 Å². The Morgan fingerprint density at radius 2 is 1.75 bits per heavy atom. The van der Waals surface area contributed by atoms with Gasteiger partial charge in [0, 0.05) is 20.6 Å². The van der Waals surface area contributed by atoms with Gasteiger partial charge in [-0.25, -0.2) is 0 Å². The molecule has 0 saturated heterocycles. The summed E-state index contributed by atoms with van der Waals surface area (Å²) in [6, 6.07) is 0. The van der Waals surface area contributed by atoms with Gasteiger partial charge in [-0.15, -0.1) is 0 Å². The number of carbonyl (C=O) groups is 1. The molecule has 0 amide bonds. The molecule has 0 aromatic carbocycles. The molecule has 0 aliphatic heterocycles. The normalized spacial score (nSPS) is 52.8. The molecular weight excluding hydrogens is 400 g/mol. The van der Waals surface area contributed by atoms with Crippen LogP contribution >= 0.6 is 0 Å². The third-order valence-corrected chi connectivity index (χ3v) is 11.0. The molecular formula is C28H48O4. The van der Waals surface area contributed by atoms with Crippen LogP contribution in [0.25, 0.3) is 0 Å². The summed E-state index contributed by atoms with van der Waals surface area (Å²) in [4.78, 5) is 13.4. The van der Waals surface area contributed by atoms with Gasteiger partial charge in [0.25, 0.3) is 0 Å². The van der Waals surface area contributed by atoms with Gasteiger partial charge in [-0.05, 0) is 97.2 Å². The molecule has 4 nitrogen and oxygen atoms in total. The number of Topliss-reactive ketones (excluding diaryl/α,β-unsaturated/α-hetero) is 1. The first kappa shape index (κ1) is 17.9. The monoisotopic (exact) mass is 454 g/mol. The molecule has 4 rings (SSSR count). The van der Waals surface area contributed by atoms with E-state index >= 15 is 0 Å². The second kappa shape index (κ2) is 8.64. The molecule has 0 unspecified atom stereocenters. The molecule has 0 aromatic rings. The number of ketones is 1. The first-order valence-electron chi connectivity index (χ1n) is 15.9. The van der Waals surface area contributed by atoms with Crippen LogP contribution in [0.4, 0.5) is 0 Å². The lowest BCUT2D eigenvalue weighted by molar-refractivity contribution is -0.174. The Balaban J connectivity index is 1.51. The van der Waals surface area contributed by atoms with Gasteiger partial charge in [0.2, 0.25) is 0 Å². The number of aliphatic hydroxyl groups excluding tert-OH is 3. The summed E-state index contributed by atoms with van der Waals surface area (Å²) in [6.07, 6.45) is 2.85. The Labute approximate surface area is 204 Å². The standard InChI is InChI=1S/C28H48O4/c1-15(2)16(3)11-23(29)17(4)19-7-8-20-18-12-24(30)22-13-25(31)26(32)14-28(22,6)21(18)9-10-27(19,20)5/h15-23,25-26,29,31-32H,7-14H2,1-6H3/t16-,17+,18+,19-,20+,21+,22-,23+,25+,26-,27-,28-/m1/s1/i1D3,2D3. The highest BCUT2D eigenvalue weighted by Gasteiger charge is 2.63. The van der Waals surface area contributed by atoms with Gasteiger partial charge in [0.15, 0.2) is 0 Å². The minimum atomic E-state index is -2.62. The second-order valence-corrected chi connectivity index (χ2v) is 12.5. The van der Waals surface area contributed by atoms with Crippen LogP contribution in [-0.4, -0.2) is 39.4 Å². The smallest absolute Gasteiger partial charge is 0.136 e. The topological polar surface area (TPSA) is 77.8 Å². The summed E-state index contributed by atoms with van der Waals surface area (Å²) in [6.45, 7) is 2.84. The first-order valence-corrected chi connectivity index (χ1v) is 12.9. The summed E-state index contributed by atoms with van der Waals surface area (Å²) >= 11 is 0. The van der Waals surface area contributed by atoms with E-state index in [-0.39, 0.29) is 46.7 Å². The lowest BCUT2D eigenvalue weighted by Gasteiger charge is -2.61. The van der Waals surface area contributed by atoms with E-state index in [1.165, 1.54) is 0 Å². The van der Waals surface area contributed by atoms with Gasteiger partial charge in [0.05, 0.1) is 18.3 Å². The van der Waals surface area contributed by atoms with Crippen molar-refractivity contribution >= 4 is 5.78 Å². The van der Waals surface area contributed by atoms with Crippen LogP contribution in [0.1, 0.15) is 101 Å². The van der Waals surface area contributed by atoms with Crippen molar-refractivity contribution in [2.24, 2.45) is 58.2 Å². The van der Waals surface area contributed by atoms with E-state index in [0.29, 0.717) is 31.1 Å². The number of carbonyl (C=O) groups excluding carboxylic acids is 1. The van der Waals surface area contributed by atoms with Gasteiger partial charge in [-0.2, -0.15) is 0 Å². The third kappa shape index (κ3) is 3.81. The van der Waals surface area contributed by atoms with Crippen LogP contribution in [-0.2, 0) is 4.79 Å². The molecule has 4 aliphatic carbocycles. The molecule has 4 aliphatic rings. The Kier molecular flexibility index (Phi) is 4.84. The zero-order chi connectivity index (χ0) is 28.6. The molecule has 4 saturated carbocycles. The maximum absolute atomic E-state index is 13.4. The predicted molar refractivity (Wildman–Crippen MR) is 127 cm³/mol. The highest BCUT2D eigenvalue weighted by atomic mass is 16.3. The summed E-state index contributed by atoms with van der Waals surface area (Å²) in [7, 11) is 0. The molecule has 184 valence electrons. The highest BCUT2D eigenvalue weighted by Crippen LogP contribution is 2.67. The highest BCUT2D eigenvalue weighted by molar-refractivity contribution is 5.83. The van der Waals surface area contributed by atoms with Gasteiger partial charge < -0.3 is 15.3 Å². The largest absolute Gasteiger partial charge is 0.393 e. The van der Waals surface area contributed by atoms with Crippen LogP contribution < -0.4 is 0 Å². The fourth-order valence-corrected chi connectivity index (χ4v) is 8.98. The Morgan fingerprint density at radius 3 is 2.44 bits per heavy atom. The SMILES string of the molecule is [2H]C([2H])([2H])C([C@H](C)C[C@H](O)[C@@H](C)[C@H]1CC[C@H]2[C@@H]3CC(=O)[C@H]4C[C@H](O)[C@H](O)C[C@]4(C)[C@H]3CC[C@]12C)C([2H])([2H])[2H]. The Morgan fingerprint density at radius 1 is 1.06 bits per heavy atom. The fourth-order valence-electron chi connectivity index (χ4n) is 8.98. The molecule has 4 fully saturated rings. The summed E-state index contributed by atoms with van der Waals surface area (Å²) in [5.41, 5.74) is -0.368. The van der Waals surface area contributed by atoms with Crippen molar-refractivity contribution in [3.63, 3.8) is 0 Å². The van der Waals surface area contributed by atoms with Crippen molar-refractivity contribution in [2.45, 2.75) is 111 Å². The van der Waals surface area contributed by atoms with Gasteiger partial charge in [0.1, 0.15) is 5.78 Å². The average Bonchev–Trinajstić information content (AvgIpc) is 3.10. The first-order chi connectivity index (χ1) is 17.3. The van der Waals surface area contributed by atoms with Crippen molar-refractivity contribution in [3.05, 3.63) is 0 Å². The van der Waals surface area contributed by atoms with E-state index in [1.807, 2.05) is 6.92 Å². The number of hydrogen-bond donors (Lipinski definition) is 3. The van der Waals surface area contributed by atoms with E-state index < -0.39 is 43.9 Å². The molecule has 32 heavy (non-hydrogen) atoms. The Hall–Kier alpha value is -0.450. The van der Waals surface area contributed by atoms with Crippen LogP contribution in [0.15, 0.2) is 0 Å². The average molecular weight is 455 g/mol. The minimum absolute atomic E-state index is 0.0610.